The van der Waals surface area contributed by atoms with Gasteiger partial charge >= 0.3 is 0 Å². The Morgan fingerprint density at radius 1 is 1.27 bits per heavy atom. The quantitative estimate of drug-likeness (QED) is 0.459. The highest BCUT2D eigenvalue weighted by atomic mass is 32.2. The molecule has 1 rings (SSSR count). The van der Waals surface area contributed by atoms with Crippen molar-refractivity contribution < 1.29 is 8.42 Å². The maximum Gasteiger partial charge on any atom is 0.242 e. The molecule has 122 valence electrons. The molecular weight excluding hydrogens is 302 g/mol. The van der Waals surface area contributed by atoms with Crippen LogP contribution in [0.2, 0.25) is 0 Å². The Labute approximate surface area is 131 Å². The van der Waals surface area contributed by atoms with Crippen LogP contribution in [-0.4, -0.2) is 20.7 Å². The first kappa shape index (κ1) is 18.0. The van der Waals surface area contributed by atoms with Crippen LogP contribution in [0.5, 0.6) is 0 Å². The predicted octanol–water partition coefficient (Wildman–Crippen LogP) is 1.30. The summed E-state index contributed by atoms with van der Waals surface area (Å²) in [7, 11) is -3.68. The van der Waals surface area contributed by atoms with E-state index in [2.05, 4.69) is 10.0 Å². The second-order valence-electron chi connectivity index (χ2n) is 4.77. The lowest BCUT2D eigenvalue weighted by molar-refractivity contribution is 0.530. The number of nitrogens with two attached hydrogens (primary N) is 2. The molecule has 22 heavy (non-hydrogen) atoms. The minimum Gasteiger partial charge on any atom is -0.395 e. The van der Waals surface area contributed by atoms with E-state index in [1.165, 1.54) is 6.07 Å². The van der Waals surface area contributed by atoms with E-state index in [0.29, 0.717) is 18.5 Å². The summed E-state index contributed by atoms with van der Waals surface area (Å²) in [6.07, 6.45) is 2.30. The molecule has 0 saturated heterocycles. The predicted molar refractivity (Wildman–Crippen MR) is 88.9 cm³/mol. The summed E-state index contributed by atoms with van der Waals surface area (Å²) in [4.78, 5) is 0.0858. The van der Waals surface area contributed by atoms with Gasteiger partial charge in [0.2, 0.25) is 10.0 Å². The first-order valence-corrected chi connectivity index (χ1v) is 8.48. The van der Waals surface area contributed by atoms with E-state index in [0.717, 1.165) is 6.21 Å². The summed E-state index contributed by atoms with van der Waals surface area (Å²) < 4.78 is 27.7. The Morgan fingerprint density at radius 3 is 2.41 bits per heavy atom. The zero-order valence-electron chi connectivity index (χ0n) is 12.8. The van der Waals surface area contributed by atoms with Crippen LogP contribution in [0.15, 0.2) is 40.7 Å². The summed E-state index contributed by atoms with van der Waals surface area (Å²) in [5.41, 5.74) is 11.6. The third kappa shape index (κ3) is 4.47. The van der Waals surface area contributed by atoms with Crippen LogP contribution in [0.3, 0.4) is 0 Å². The normalized spacial score (nSPS) is 12.9. The molecule has 0 aliphatic heterocycles. The number of hydrogen-bond acceptors (Lipinski definition) is 6. The van der Waals surface area contributed by atoms with Gasteiger partial charge in [-0.05, 0) is 25.0 Å². The van der Waals surface area contributed by atoms with Crippen LogP contribution in [0, 0.1) is 5.41 Å². The van der Waals surface area contributed by atoms with Gasteiger partial charge in [0.1, 0.15) is 10.7 Å². The first-order valence-electron chi connectivity index (χ1n) is 6.99. The number of hydrogen-bond donors (Lipinski definition) is 5. The van der Waals surface area contributed by atoms with Crippen LogP contribution < -0.4 is 21.5 Å². The smallest absolute Gasteiger partial charge is 0.242 e. The van der Waals surface area contributed by atoms with Gasteiger partial charge in [-0.15, -0.1) is 0 Å². The Balaban J connectivity index is 3.18. The molecule has 0 fully saturated rings. The molecule has 8 heteroatoms. The second-order valence-corrected chi connectivity index (χ2v) is 6.45. The zero-order valence-corrected chi connectivity index (χ0v) is 13.6. The first-order chi connectivity index (χ1) is 10.4. The fourth-order valence-electron chi connectivity index (χ4n) is 1.84. The van der Waals surface area contributed by atoms with Crippen molar-refractivity contribution >= 4 is 21.9 Å². The fraction of sp³-hybridized carbons (Fsp3) is 0.357. The molecule has 0 radical (unpaired) electrons. The molecule has 0 aliphatic rings. The Bertz CT molecular complexity index is 651. The molecule has 0 unspecified atom stereocenters. The molecule has 7 nitrogen and oxygen atoms in total. The maximum atomic E-state index is 12.5. The number of benzene rings is 1. The van der Waals surface area contributed by atoms with Gasteiger partial charge in [0.05, 0.1) is 11.4 Å². The third-order valence-corrected chi connectivity index (χ3v) is 4.80. The summed E-state index contributed by atoms with van der Waals surface area (Å²) in [6, 6.07) is 6.27. The van der Waals surface area contributed by atoms with E-state index >= 15 is 0 Å². The lowest BCUT2D eigenvalue weighted by Gasteiger charge is -2.18. The minimum atomic E-state index is -3.68. The van der Waals surface area contributed by atoms with Gasteiger partial charge in [0, 0.05) is 12.3 Å². The van der Waals surface area contributed by atoms with Crippen molar-refractivity contribution in [2.24, 2.45) is 11.5 Å². The van der Waals surface area contributed by atoms with E-state index in [4.69, 9.17) is 16.9 Å². The van der Waals surface area contributed by atoms with Crippen molar-refractivity contribution in [3.8, 4) is 0 Å². The lowest BCUT2D eigenvalue weighted by Crippen LogP contribution is -2.34. The number of nitrogens with one attached hydrogen (secondary N) is 3. The number of allylic oxidation sites excluding steroid dienone is 1. The highest BCUT2D eigenvalue weighted by Gasteiger charge is 2.21. The molecule has 0 bridgehead atoms. The highest BCUT2D eigenvalue weighted by Crippen LogP contribution is 2.22. The molecule has 0 aromatic heterocycles. The summed E-state index contributed by atoms with van der Waals surface area (Å²) in [6.45, 7) is 3.85. The van der Waals surface area contributed by atoms with Crippen LogP contribution in [0.4, 0.5) is 5.69 Å². The Kier molecular flexibility index (Phi) is 6.39. The summed E-state index contributed by atoms with van der Waals surface area (Å²) in [5, 5.41) is 9.80. The molecule has 7 N–H and O–H groups in total. The Hall–Kier alpha value is -2.06. The molecule has 0 saturated carbocycles. The largest absolute Gasteiger partial charge is 0.395 e. The van der Waals surface area contributed by atoms with Crippen LogP contribution >= 0.6 is 0 Å². The second kappa shape index (κ2) is 7.81. The van der Waals surface area contributed by atoms with Crippen LogP contribution in [0.1, 0.15) is 26.7 Å². The van der Waals surface area contributed by atoms with Crippen LogP contribution in [-0.2, 0) is 10.0 Å². The summed E-state index contributed by atoms with van der Waals surface area (Å²) >= 11 is 0. The molecule has 0 heterocycles. The van der Waals surface area contributed by atoms with E-state index in [-0.39, 0.29) is 22.5 Å². The lowest BCUT2D eigenvalue weighted by atomic mass is 10.2. The highest BCUT2D eigenvalue weighted by molar-refractivity contribution is 7.89. The number of para-hydroxylation sites is 1. The van der Waals surface area contributed by atoms with E-state index in [1.807, 2.05) is 13.8 Å². The Morgan fingerprint density at radius 2 is 1.86 bits per heavy atom. The van der Waals surface area contributed by atoms with E-state index < -0.39 is 10.0 Å². The van der Waals surface area contributed by atoms with Crippen LogP contribution in [0.25, 0.3) is 0 Å². The number of rotatable bonds is 8. The molecule has 0 atom stereocenters. The van der Waals surface area contributed by atoms with Gasteiger partial charge < -0.3 is 22.2 Å². The van der Waals surface area contributed by atoms with E-state index in [1.54, 1.807) is 18.2 Å². The van der Waals surface area contributed by atoms with Crippen molar-refractivity contribution in [1.29, 1.82) is 5.41 Å². The van der Waals surface area contributed by atoms with Crippen molar-refractivity contribution in [2.45, 2.75) is 37.6 Å². The average molecular weight is 325 g/mol. The van der Waals surface area contributed by atoms with Gasteiger partial charge in [0.15, 0.2) is 0 Å². The third-order valence-electron chi connectivity index (χ3n) is 3.22. The SMILES string of the molecule is CCC(CC)NS(=O)(=O)c1ccccc1N/C(N)=C(\N)C=N. The van der Waals surface area contributed by atoms with Crippen molar-refractivity contribution in [1.82, 2.24) is 4.72 Å². The van der Waals surface area contributed by atoms with Gasteiger partial charge in [0.25, 0.3) is 0 Å². The molecule has 1 aromatic rings. The molecule has 0 aliphatic carbocycles. The van der Waals surface area contributed by atoms with E-state index in [9.17, 15) is 8.42 Å². The molecular formula is C14H23N5O2S. The number of anilines is 1. The fourth-order valence-corrected chi connectivity index (χ4v) is 3.40. The van der Waals surface area contributed by atoms with Crippen molar-refractivity contribution in [2.75, 3.05) is 5.32 Å². The monoisotopic (exact) mass is 325 g/mol. The molecule has 1 aromatic carbocycles. The zero-order chi connectivity index (χ0) is 16.8. The van der Waals surface area contributed by atoms with Crippen molar-refractivity contribution in [3.63, 3.8) is 0 Å². The van der Waals surface area contributed by atoms with Gasteiger partial charge in [-0.2, -0.15) is 0 Å². The summed E-state index contributed by atoms with van der Waals surface area (Å²) in [5.74, 6) is 0.0279. The van der Waals surface area contributed by atoms with Gasteiger partial charge in [-0.1, -0.05) is 26.0 Å². The topological polar surface area (TPSA) is 134 Å². The molecule has 0 spiro atoms. The molecule has 0 amide bonds. The van der Waals surface area contributed by atoms with Gasteiger partial charge in [-0.3, -0.25) is 0 Å². The number of sulfonamides is 1. The standard InChI is InChI=1S/C14H23N5O2S/c1-3-10(4-2)19-22(20,21)13-8-6-5-7-12(13)18-14(17)11(16)9-15/h5-10,15,18-19H,3-4,16-17H2,1-2H3/b14-11-,15-9?. The maximum absolute atomic E-state index is 12.5. The average Bonchev–Trinajstić information content (AvgIpc) is 2.52. The van der Waals surface area contributed by atoms with Gasteiger partial charge in [-0.25, -0.2) is 13.1 Å². The minimum absolute atomic E-state index is 0.0279. The van der Waals surface area contributed by atoms with Crippen molar-refractivity contribution in [3.05, 3.63) is 35.8 Å².